The average Bonchev–Trinajstić information content (AvgIpc) is 2.59. The largest absolute Gasteiger partial charge is 0.493 e. The molecule has 0 aromatic heterocycles. The molecule has 24 heavy (non-hydrogen) atoms. The first-order valence-corrected chi connectivity index (χ1v) is 7.73. The summed E-state index contributed by atoms with van der Waals surface area (Å²) in [7, 11) is 4.49. The van der Waals surface area contributed by atoms with Crippen LogP contribution in [0.2, 0.25) is 10.0 Å². The fraction of sp³-hybridized carbons (Fsp3) is 0.167. The van der Waals surface area contributed by atoms with E-state index >= 15 is 0 Å². The third kappa shape index (κ3) is 4.02. The highest BCUT2D eigenvalue weighted by molar-refractivity contribution is 6.35. The molecule has 2 aromatic rings. The third-order valence-corrected chi connectivity index (χ3v) is 3.89. The highest BCUT2D eigenvalue weighted by Crippen LogP contribution is 2.38. The van der Waals surface area contributed by atoms with E-state index in [0.717, 1.165) is 0 Å². The summed E-state index contributed by atoms with van der Waals surface area (Å²) in [5, 5.41) is 1.00. The van der Waals surface area contributed by atoms with Crippen LogP contribution in [0.4, 0.5) is 0 Å². The topological polar surface area (TPSA) is 44.8 Å². The number of carbonyl (C=O) groups is 1. The fourth-order valence-corrected chi connectivity index (χ4v) is 2.59. The van der Waals surface area contributed by atoms with Crippen LogP contribution < -0.4 is 14.2 Å². The highest BCUT2D eigenvalue weighted by Gasteiger charge is 2.15. The van der Waals surface area contributed by atoms with Gasteiger partial charge in [0.15, 0.2) is 17.3 Å². The standard InChI is InChI=1S/C18H16Cl2O4/c1-22-16-8-12(9-17(23-2)18(16)24-3)15(21)7-5-11-4-6-13(19)10-14(11)20/h4-10H,1-3H3. The van der Waals surface area contributed by atoms with Crippen molar-refractivity contribution in [3.05, 3.63) is 57.6 Å². The first-order chi connectivity index (χ1) is 11.5. The summed E-state index contributed by atoms with van der Waals surface area (Å²) in [6.07, 6.45) is 3.06. The van der Waals surface area contributed by atoms with Gasteiger partial charge in [-0.3, -0.25) is 4.79 Å². The molecule has 0 atom stereocenters. The Morgan fingerprint density at radius 2 is 1.58 bits per heavy atom. The molecule has 0 unspecified atom stereocenters. The van der Waals surface area contributed by atoms with Crippen LogP contribution in [-0.4, -0.2) is 27.1 Å². The Labute approximate surface area is 150 Å². The second-order valence-corrected chi connectivity index (χ2v) is 5.62. The maximum atomic E-state index is 12.4. The van der Waals surface area contributed by atoms with Gasteiger partial charge < -0.3 is 14.2 Å². The van der Waals surface area contributed by atoms with Crippen LogP contribution in [0, 0.1) is 0 Å². The predicted molar refractivity (Wildman–Crippen MR) is 95.9 cm³/mol. The number of rotatable bonds is 6. The molecule has 0 saturated carbocycles. The zero-order valence-electron chi connectivity index (χ0n) is 13.4. The molecule has 0 aliphatic carbocycles. The van der Waals surface area contributed by atoms with Crippen LogP contribution in [0.5, 0.6) is 17.2 Å². The Morgan fingerprint density at radius 1 is 0.958 bits per heavy atom. The molecule has 0 bridgehead atoms. The quantitative estimate of drug-likeness (QED) is 0.537. The van der Waals surface area contributed by atoms with Gasteiger partial charge in [-0.15, -0.1) is 0 Å². The van der Waals surface area contributed by atoms with Crippen molar-refractivity contribution >= 4 is 35.1 Å². The molecule has 0 heterocycles. The van der Waals surface area contributed by atoms with Crippen molar-refractivity contribution in [3.8, 4) is 17.2 Å². The first-order valence-electron chi connectivity index (χ1n) is 6.97. The van der Waals surface area contributed by atoms with E-state index in [9.17, 15) is 4.79 Å². The number of halogens is 2. The van der Waals surface area contributed by atoms with E-state index in [2.05, 4.69) is 0 Å². The van der Waals surface area contributed by atoms with E-state index in [1.807, 2.05) is 0 Å². The molecule has 0 radical (unpaired) electrons. The SMILES string of the molecule is COc1cc(C(=O)C=Cc2ccc(Cl)cc2Cl)cc(OC)c1OC. The number of ketones is 1. The summed E-state index contributed by atoms with van der Waals surface area (Å²) in [4.78, 5) is 12.4. The zero-order chi connectivity index (χ0) is 17.7. The summed E-state index contributed by atoms with van der Waals surface area (Å²) in [6, 6.07) is 8.25. The number of hydrogen-bond acceptors (Lipinski definition) is 4. The van der Waals surface area contributed by atoms with Gasteiger partial charge in [-0.1, -0.05) is 29.3 Å². The number of allylic oxidation sites excluding steroid dienone is 1. The Bertz CT molecular complexity index is 760. The van der Waals surface area contributed by atoms with Gasteiger partial charge in [-0.25, -0.2) is 0 Å². The van der Waals surface area contributed by atoms with Crippen molar-refractivity contribution < 1.29 is 19.0 Å². The first kappa shape index (κ1) is 18.2. The maximum absolute atomic E-state index is 12.4. The van der Waals surface area contributed by atoms with Gasteiger partial charge in [-0.05, 0) is 42.0 Å². The van der Waals surface area contributed by atoms with E-state index in [4.69, 9.17) is 37.4 Å². The van der Waals surface area contributed by atoms with E-state index in [-0.39, 0.29) is 5.78 Å². The van der Waals surface area contributed by atoms with Crippen molar-refractivity contribution in [2.45, 2.75) is 0 Å². The summed E-state index contributed by atoms with van der Waals surface area (Å²) in [5.41, 5.74) is 1.10. The van der Waals surface area contributed by atoms with Crippen molar-refractivity contribution in [2.75, 3.05) is 21.3 Å². The monoisotopic (exact) mass is 366 g/mol. The molecule has 6 heteroatoms. The van der Waals surface area contributed by atoms with Gasteiger partial charge in [0, 0.05) is 15.6 Å². The summed E-state index contributed by atoms with van der Waals surface area (Å²) in [6.45, 7) is 0. The number of ether oxygens (including phenoxy) is 3. The second kappa shape index (κ2) is 8.08. The van der Waals surface area contributed by atoms with Crippen molar-refractivity contribution in [1.29, 1.82) is 0 Å². The molecule has 0 saturated heterocycles. The number of benzene rings is 2. The van der Waals surface area contributed by atoms with Crippen molar-refractivity contribution in [3.63, 3.8) is 0 Å². The summed E-state index contributed by atoms with van der Waals surface area (Å²) < 4.78 is 15.7. The smallest absolute Gasteiger partial charge is 0.203 e. The lowest BCUT2D eigenvalue weighted by molar-refractivity contribution is 0.104. The molecule has 126 valence electrons. The van der Waals surface area contributed by atoms with Gasteiger partial charge in [0.2, 0.25) is 5.75 Å². The Hall–Kier alpha value is -2.17. The Kier molecular flexibility index (Phi) is 6.12. The molecular formula is C18H16Cl2O4. The Morgan fingerprint density at radius 3 is 2.08 bits per heavy atom. The Balaban J connectivity index is 2.34. The molecule has 2 rings (SSSR count). The summed E-state index contributed by atoms with van der Waals surface area (Å²) >= 11 is 11.9. The van der Waals surface area contributed by atoms with Crippen LogP contribution in [0.15, 0.2) is 36.4 Å². The molecule has 0 spiro atoms. The molecule has 4 nitrogen and oxygen atoms in total. The van der Waals surface area contributed by atoms with E-state index in [0.29, 0.717) is 38.4 Å². The molecule has 2 aromatic carbocycles. The second-order valence-electron chi connectivity index (χ2n) is 4.78. The van der Waals surface area contributed by atoms with E-state index in [1.54, 1.807) is 36.4 Å². The molecule has 0 fully saturated rings. The lowest BCUT2D eigenvalue weighted by Gasteiger charge is -2.13. The molecular weight excluding hydrogens is 351 g/mol. The van der Waals surface area contributed by atoms with Crippen molar-refractivity contribution in [1.82, 2.24) is 0 Å². The summed E-state index contributed by atoms with van der Waals surface area (Å²) in [5.74, 6) is 1.04. The van der Waals surface area contributed by atoms with Gasteiger partial charge in [0.05, 0.1) is 21.3 Å². The van der Waals surface area contributed by atoms with Crippen LogP contribution in [0.25, 0.3) is 6.08 Å². The van der Waals surface area contributed by atoms with Crippen LogP contribution in [-0.2, 0) is 0 Å². The minimum atomic E-state index is -0.222. The van der Waals surface area contributed by atoms with Crippen molar-refractivity contribution in [2.24, 2.45) is 0 Å². The van der Waals surface area contributed by atoms with Crippen LogP contribution in [0.1, 0.15) is 15.9 Å². The maximum Gasteiger partial charge on any atom is 0.203 e. The van der Waals surface area contributed by atoms with Gasteiger partial charge in [0.25, 0.3) is 0 Å². The third-order valence-electron chi connectivity index (χ3n) is 3.33. The van der Waals surface area contributed by atoms with Crippen LogP contribution >= 0.6 is 23.2 Å². The zero-order valence-corrected chi connectivity index (χ0v) is 14.9. The predicted octanol–water partition coefficient (Wildman–Crippen LogP) is 4.92. The van der Waals surface area contributed by atoms with Crippen LogP contribution in [0.3, 0.4) is 0 Å². The van der Waals surface area contributed by atoms with Gasteiger partial charge in [-0.2, -0.15) is 0 Å². The molecule has 0 aliphatic heterocycles. The number of hydrogen-bond donors (Lipinski definition) is 0. The number of methoxy groups -OCH3 is 3. The fourth-order valence-electron chi connectivity index (χ4n) is 2.12. The normalized spacial score (nSPS) is 10.7. The lowest BCUT2D eigenvalue weighted by Crippen LogP contribution is -2.00. The van der Waals surface area contributed by atoms with Gasteiger partial charge >= 0.3 is 0 Å². The lowest BCUT2D eigenvalue weighted by atomic mass is 10.1. The molecule has 0 aliphatic rings. The molecule has 0 amide bonds. The minimum Gasteiger partial charge on any atom is -0.493 e. The molecule has 0 N–H and O–H groups in total. The minimum absolute atomic E-state index is 0.222. The average molecular weight is 367 g/mol. The van der Waals surface area contributed by atoms with Gasteiger partial charge in [0.1, 0.15) is 0 Å². The number of carbonyl (C=O) groups excluding carboxylic acids is 1. The van der Waals surface area contributed by atoms with E-state index in [1.165, 1.54) is 27.4 Å². The van der Waals surface area contributed by atoms with E-state index < -0.39 is 0 Å². The highest BCUT2D eigenvalue weighted by atomic mass is 35.5.